The summed E-state index contributed by atoms with van der Waals surface area (Å²) in [7, 11) is -7.98. The van der Waals surface area contributed by atoms with Crippen LogP contribution in [0.2, 0.25) is 0 Å². The third kappa shape index (κ3) is 3.71. The highest BCUT2D eigenvalue weighted by Gasteiger charge is 2.33. The van der Waals surface area contributed by atoms with Gasteiger partial charge in [0.25, 0.3) is 0 Å². The van der Waals surface area contributed by atoms with Crippen molar-refractivity contribution in [3.63, 3.8) is 0 Å². The first-order chi connectivity index (χ1) is 8.03. The molecular formula is C6H12N5O4P2S-. The fourth-order valence-electron chi connectivity index (χ4n) is 1.27. The highest BCUT2D eigenvalue weighted by molar-refractivity contribution is 7.79. The van der Waals surface area contributed by atoms with E-state index in [9.17, 15) is 17.9 Å². The maximum atomic E-state index is 11.6. The number of nitrogens with two attached hydrogens (primary N) is 4. The maximum Gasteiger partial charge on any atom is 0.307 e. The SMILES string of the molecule is NP(N)(=O)N(c1ccc(S(=O)[O-])cc1)P(N)(N)=O. The maximum absolute atomic E-state index is 11.6. The van der Waals surface area contributed by atoms with Gasteiger partial charge in [0.1, 0.15) is 0 Å². The summed E-state index contributed by atoms with van der Waals surface area (Å²) in [5.74, 6) is 0. The molecule has 0 heterocycles. The van der Waals surface area contributed by atoms with E-state index in [1.165, 1.54) is 24.3 Å². The predicted molar refractivity (Wildman–Crippen MR) is 68.1 cm³/mol. The van der Waals surface area contributed by atoms with Gasteiger partial charge in [-0.25, -0.2) is 4.44 Å². The quantitative estimate of drug-likeness (QED) is 0.431. The third-order valence-corrected chi connectivity index (χ3v) is 5.83. The molecule has 0 saturated carbocycles. The van der Waals surface area contributed by atoms with Gasteiger partial charge in [-0.1, -0.05) is 0 Å². The Morgan fingerprint density at radius 1 is 1.00 bits per heavy atom. The van der Waals surface area contributed by atoms with Crippen molar-refractivity contribution in [1.29, 1.82) is 0 Å². The zero-order valence-electron chi connectivity index (χ0n) is 9.00. The average molecular weight is 312 g/mol. The molecule has 1 atom stereocenters. The summed E-state index contributed by atoms with van der Waals surface area (Å²) in [4.78, 5) is -0.0218. The smallest absolute Gasteiger partial charge is 0.307 e. The molecule has 1 unspecified atom stereocenters. The van der Waals surface area contributed by atoms with Gasteiger partial charge >= 0.3 is 15.2 Å². The third-order valence-electron chi connectivity index (χ3n) is 1.85. The minimum absolute atomic E-state index is 0.00543. The van der Waals surface area contributed by atoms with Crippen LogP contribution >= 0.6 is 15.2 Å². The van der Waals surface area contributed by atoms with Crippen molar-refractivity contribution in [2.75, 3.05) is 4.44 Å². The first kappa shape index (κ1) is 15.5. The van der Waals surface area contributed by atoms with E-state index < -0.39 is 26.3 Å². The number of hydrogen-bond donors (Lipinski definition) is 4. The molecule has 0 aliphatic rings. The highest BCUT2D eigenvalue weighted by Crippen LogP contribution is 2.52. The van der Waals surface area contributed by atoms with Crippen LogP contribution in [-0.4, -0.2) is 8.76 Å². The molecule has 0 bridgehead atoms. The largest absolute Gasteiger partial charge is 0.768 e. The van der Waals surface area contributed by atoms with Crippen molar-refractivity contribution >= 4 is 32.0 Å². The minimum Gasteiger partial charge on any atom is -0.768 e. The lowest BCUT2D eigenvalue weighted by molar-refractivity contribution is 0.537. The molecular weight excluding hydrogens is 300 g/mol. The average Bonchev–Trinajstić information content (AvgIpc) is 2.13. The molecule has 0 radical (unpaired) electrons. The summed E-state index contributed by atoms with van der Waals surface area (Å²) in [6, 6.07) is 4.75. The van der Waals surface area contributed by atoms with Crippen LogP contribution in [0.25, 0.3) is 0 Å². The van der Waals surface area contributed by atoms with Crippen LogP contribution in [0.15, 0.2) is 29.2 Å². The number of anilines is 1. The molecule has 9 nitrogen and oxygen atoms in total. The second-order valence-corrected chi connectivity index (χ2v) is 8.11. The zero-order valence-corrected chi connectivity index (χ0v) is 11.6. The lowest BCUT2D eigenvalue weighted by Gasteiger charge is -2.29. The highest BCUT2D eigenvalue weighted by atomic mass is 32.2. The van der Waals surface area contributed by atoms with Gasteiger partial charge < -0.3 is 4.55 Å². The molecule has 1 aromatic rings. The molecule has 0 saturated heterocycles. The minimum atomic E-state index is -3.99. The summed E-state index contributed by atoms with van der Waals surface area (Å²) in [5, 5.41) is 0. The lowest BCUT2D eigenvalue weighted by atomic mass is 10.3. The van der Waals surface area contributed by atoms with Gasteiger partial charge in [0, 0.05) is 4.90 Å². The predicted octanol–water partition coefficient (Wildman–Crippen LogP) is -0.218. The molecule has 0 amide bonds. The van der Waals surface area contributed by atoms with Gasteiger partial charge in [0.15, 0.2) is 0 Å². The van der Waals surface area contributed by atoms with Crippen LogP contribution in [0, 0.1) is 0 Å². The van der Waals surface area contributed by atoms with Crippen molar-refractivity contribution in [3.8, 4) is 0 Å². The molecule has 1 rings (SSSR count). The molecule has 12 heteroatoms. The van der Waals surface area contributed by atoms with Crippen LogP contribution in [0.5, 0.6) is 0 Å². The molecule has 8 N–H and O–H groups in total. The van der Waals surface area contributed by atoms with Gasteiger partial charge in [-0.15, -0.1) is 0 Å². The Bertz CT molecular complexity index is 530. The Morgan fingerprint density at radius 3 is 1.67 bits per heavy atom. The van der Waals surface area contributed by atoms with Crippen molar-refractivity contribution in [3.05, 3.63) is 24.3 Å². The Morgan fingerprint density at radius 2 is 1.39 bits per heavy atom. The van der Waals surface area contributed by atoms with Gasteiger partial charge in [-0.3, -0.25) is 35.4 Å². The fourth-order valence-corrected chi connectivity index (χ4v) is 4.36. The van der Waals surface area contributed by atoms with Crippen molar-refractivity contribution in [1.82, 2.24) is 0 Å². The number of hydrogen-bond acceptors (Lipinski definition) is 4. The van der Waals surface area contributed by atoms with E-state index in [-0.39, 0.29) is 10.6 Å². The summed E-state index contributed by atoms with van der Waals surface area (Å²) in [6.07, 6.45) is 0. The molecule has 18 heavy (non-hydrogen) atoms. The number of benzene rings is 1. The zero-order chi connectivity index (χ0) is 14.1. The number of nitrogens with zero attached hydrogens (tertiary/aromatic N) is 1. The fraction of sp³-hybridized carbons (Fsp3) is 0. The normalized spacial score (nSPS) is 14.3. The summed E-state index contributed by atoms with van der Waals surface area (Å²) in [5.41, 5.74) is 20.8. The molecule has 0 fully saturated rings. The van der Waals surface area contributed by atoms with Crippen LogP contribution < -0.4 is 26.5 Å². The van der Waals surface area contributed by atoms with E-state index >= 15 is 0 Å². The Kier molecular flexibility index (Phi) is 4.47. The molecule has 0 aliphatic heterocycles. The second-order valence-electron chi connectivity index (χ2n) is 3.36. The van der Waals surface area contributed by atoms with Gasteiger partial charge in [0.2, 0.25) is 0 Å². The molecule has 0 spiro atoms. The van der Waals surface area contributed by atoms with Crippen molar-refractivity contribution < 1.29 is 17.9 Å². The van der Waals surface area contributed by atoms with Crippen LogP contribution in [0.1, 0.15) is 0 Å². The Balaban J connectivity index is 3.28. The van der Waals surface area contributed by atoms with Gasteiger partial charge in [-0.05, 0) is 35.3 Å². The first-order valence-electron chi connectivity index (χ1n) is 4.38. The monoisotopic (exact) mass is 312 g/mol. The van der Waals surface area contributed by atoms with Crippen molar-refractivity contribution in [2.45, 2.75) is 4.90 Å². The topological polar surface area (TPSA) is 182 Å². The number of rotatable bonds is 4. The Labute approximate surface area is 106 Å². The lowest BCUT2D eigenvalue weighted by Crippen LogP contribution is -2.32. The van der Waals surface area contributed by atoms with Gasteiger partial charge in [0.05, 0.1) is 5.69 Å². The van der Waals surface area contributed by atoms with E-state index in [2.05, 4.69) is 0 Å². The molecule has 0 aromatic heterocycles. The standard InChI is InChI=1S/C6H13N5O4P2S/c7-16(8,12)11(17(9,10)13)5-1-3-6(4-2-5)18(14)15/h1-4H,(H,14,15)(H4,7,8,12)(H4,9,10,13)/p-1. The van der Waals surface area contributed by atoms with Crippen molar-refractivity contribution in [2.24, 2.45) is 22.0 Å². The van der Waals surface area contributed by atoms with E-state index in [1.54, 1.807) is 0 Å². The summed E-state index contributed by atoms with van der Waals surface area (Å²) in [6.45, 7) is 0. The van der Waals surface area contributed by atoms with Crippen LogP contribution in [0.3, 0.4) is 0 Å². The van der Waals surface area contributed by atoms with E-state index in [0.29, 0.717) is 4.44 Å². The first-order valence-corrected chi connectivity index (χ1v) is 9.05. The van der Waals surface area contributed by atoms with Crippen LogP contribution in [0.4, 0.5) is 5.69 Å². The Hall–Kier alpha value is -0.570. The van der Waals surface area contributed by atoms with Crippen LogP contribution in [-0.2, 0) is 20.2 Å². The van der Waals surface area contributed by atoms with Gasteiger partial charge in [-0.2, -0.15) is 0 Å². The molecule has 1 aromatic carbocycles. The molecule has 102 valence electrons. The van der Waals surface area contributed by atoms with E-state index in [4.69, 9.17) is 22.0 Å². The summed E-state index contributed by atoms with van der Waals surface area (Å²) < 4.78 is 45.0. The van der Waals surface area contributed by atoms with E-state index in [0.717, 1.165) is 0 Å². The molecule has 0 aliphatic carbocycles. The second kappa shape index (κ2) is 5.20. The van der Waals surface area contributed by atoms with E-state index in [1.807, 2.05) is 0 Å². The summed E-state index contributed by atoms with van der Waals surface area (Å²) >= 11 is -2.42.